The van der Waals surface area contributed by atoms with Crippen LogP contribution < -0.4 is 0 Å². The fourth-order valence-electron chi connectivity index (χ4n) is 1.87. The number of nitrogens with one attached hydrogen (secondary N) is 1. The number of rotatable bonds is 4. The smallest absolute Gasteiger partial charge is 0.265 e. The van der Waals surface area contributed by atoms with Crippen molar-refractivity contribution in [2.45, 2.75) is 16.4 Å². The zero-order valence-corrected chi connectivity index (χ0v) is 12.8. The van der Waals surface area contributed by atoms with Gasteiger partial charge in [-0.15, -0.1) is 0 Å². The third kappa shape index (κ3) is 3.48. The highest BCUT2D eigenvalue weighted by molar-refractivity contribution is 6.76. The van der Waals surface area contributed by atoms with Gasteiger partial charge in [0.1, 0.15) is 6.10 Å². The number of fused-ring (bicyclic) bond motifs is 1. The normalized spacial score (nSPS) is 13.2. The molecule has 1 aromatic carbocycles. The molecule has 0 radical (unpaired) electrons. The zero-order valence-electron chi connectivity index (χ0n) is 10.5. The summed E-state index contributed by atoms with van der Waals surface area (Å²) < 4.78 is 5.48. The van der Waals surface area contributed by atoms with Crippen molar-refractivity contribution < 1.29 is 4.74 Å². The SMILES string of the molecule is C=CC(Cn1ccc2ccccc21)OC(=N)C(Cl)(Cl)Cl. The van der Waals surface area contributed by atoms with E-state index in [1.807, 2.05) is 41.1 Å². The Morgan fingerprint density at radius 1 is 1.35 bits per heavy atom. The molecule has 1 heterocycles. The second-order valence-electron chi connectivity index (χ2n) is 4.25. The summed E-state index contributed by atoms with van der Waals surface area (Å²) in [7, 11) is 0. The van der Waals surface area contributed by atoms with Crippen molar-refractivity contribution in [3.8, 4) is 0 Å². The molecule has 2 aromatic rings. The van der Waals surface area contributed by atoms with Gasteiger partial charge in [-0.3, -0.25) is 5.41 Å². The Balaban J connectivity index is 2.14. The van der Waals surface area contributed by atoms with Crippen LogP contribution in [-0.4, -0.2) is 20.4 Å². The maximum absolute atomic E-state index is 7.59. The van der Waals surface area contributed by atoms with Gasteiger partial charge in [0.15, 0.2) is 0 Å². The van der Waals surface area contributed by atoms with Crippen LogP contribution in [0.5, 0.6) is 0 Å². The minimum atomic E-state index is -1.86. The zero-order chi connectivity index (χ0) is 14.8. The number of nitrogens with zero attached hydrogens (tertiary/aromatic N) is 1. The van der Waals surface area contributed by atoms with E-state index >= 15 is 0 Å². The highest BCUT2D eigenvalue weighted by Crippen LogP contribution is 2.28. The molecule has 6 heteroatoms. The quantitative estimate of drug-likeness (QED) is 0.379. The minimum Gasteiger partial charge on any atom is -0.469 e. The highest BCUT2D eigenvalue weighted by Gasteiger charge is 2.30. The first-order valence-electron chi connectivity index (χ1n) is 5.90. The molecule has 1 N–H and O–H groups in total. The standard InChI is InChI=1S/C14H13Cl3N2O/c1-2-11(20-13(18)14(15,16)17)9-19-8-7-10-5-3-4-6-12(10)19/h2-8,11,18H,1,9H2. The van der Waals surface area contributed by atoms with Gasteiger partial charge in [-0.05, 0) is 23.6 Å². The molecular weight excluding hydrogens is 319 g/mol. The lowest BCUT2D eigenvalue weighted by atomic mass is 10.2. The van der Waals surface area contributed by atoms with Gasteiger partial charge in [-0.25, -0.2) is 0 Å². The van der Waals surface area contributed by atoms with Crippen LogP contribution in [0.15, 0.2) is 49.2 Å². The average molecular weight is 332 g/mol. The Kier molecular flexibility index (Phi) is 4.63. The van der Waals surface area contributed by atoms with Crippen LogP contribution in [-0.2, 0) is 11.3 Å². The van der Waals surface area contributed by atoms with Crippen molar-refractivity contribution in [2.75, 3.05) is 0 Å². The maximum Gasteiger partial charge on any atom is 0.265 e. The van der Waals surface area contributed by atoms with Gasteiger partial charge < -0.3 is 9.30 Å². The third-order valence-electron chi connectivity index (χ3n) is 2.85. The molecule has 0 fully saturated rings. The molecule has 20 heavy (non-hydrogen) atoms. The van der Waals surface area contributed by atoms with Crippen molar-refractivity contribution >= 4 is 51.6 Å². The summed E-state index contributed by atoms with van der Waals surface area (Å²) in [5, 5.41) is 8.72. The Hall–Kier alpha value is -1.16. The first kappa shape index (κ1) is 15.2. The molecule has 0 bridgehead atoms. The number of hydrogen-bond donors (Lipinski definition) is 1. The highest BCUT2D eigenvalue weighted by atomic mass is 35.6. The molecular formula is C14H13Cl3N2O. The van der Waals surface area contributed by atoms with Gasteiger partial charge in [0.05, 0.1) is 6.54 Å². The predicted octanol–water partition coefficient (Wildman–Crippen LogP) is 4.56. The molecule has 2 rings (SSSR count). The largest absolute Gasteiger partial charge is 0.469 e. The lowest BCUT2D eigenvalue weighted by Gasteiger charge is -2.20. The molecule has 0 aliphatic rings. The topological polar surface area (TPSA) is 38.0 Å². The van der Waals surface area contributed by atoms with Crippen LogP contribution >= 0.6 is 34.8 Å². The molecule has 0 aliphatic carbocycles. The van der Waals surface area contributed by atoms with E-state index in [0.717, 1.165) is 10.9 Å². The molecule has 1 atom stereocenters. The Bertz CT molecular complexity index is 631. The molecule has 1 aromatic heterocycles. The van der Waals surface area contributed by atoms with Gasteiger partial charge in [-0.1, -0.05) is 59.6 Å². The van der Waals surface area contributed by atoms with Crippen molar-refractivity contribution in [2.24, 2.45) is 0 Å². The van der Waals surface area contributed by atoms with E-state index in [4.69, 9.17) is 44.9 Å². The number of hydrogen-bond acceptors (Lipinski definition) is 2. The Morgan fingerprint density at radius 3 is 2.70 bits per heavy atom. The maximum atomic E-state index is 7.59. The second kappa shape index (κ2) is 6.08. The summed E-state index contributed by atoms with van der Waals surface area (Å²) >= 11 is 16.8. The van der Waals surface area contributed by atoms with E-state index in [0.29, 0.717) is 6.54 Å². The molecule has 0 saturated heterocycles. The second-order valence-corrected chi connectivity index (χ2v) is 6.53. The minimum absolute atomic E-state index is 0.413. The van der Waals surface area contributed by atoms with E-state index < -0.39 is 15.8 Å². The summed E-state index contributed by atoms with van der Waals surface area (Å²) in [5.41, 5.74) is 1.07. The molecule has 1 unspecified atom stereocenters. The number of alkyl halides is 3. The number of aromatic nitrogens is 1. The summed E-state index contributed by atoms with van der Waals surface area (Å²) in [5.74, 6) is -0.413. The summed E-state index contributed by atoms with van der Waals surface area (Å²) in [6.07, 6.45) is 3.08. The average Bonchev–Trinajstić information content (AvgIpc) is 2.80. The van der Waals surface area contributed by atoms with Gasteiger partial charge in [0, 0.05) is 11.7 Å². The lowest BCUT2D eigenvalue weighted by Crippen LogP contribution is -2.28. The molecule has 0 aliphatic heterocycles. The third-order valence-corrected chi connectivity index (χ3v) is 3.36. The Labute approximate surface area is 132 Å². The van der Waals surface area contributed by atoms with Gasteiger partial charge in [-0.2, -0.15) is 0 Å². The van der Waals surface area contributed by atoms with Gasteiger partial charge in [0.25, 0.3) is 3.79 Å². The number of halogens is 3. The van der Waals surface area contributed by atoms with Crippen LogP contribution in [0.4, 0.5) is 0 Å². The predicted molar refractivity (Wildman–Crippen MR) is 85.0 cm³/mol. The summed E-state index contributed by atoms with van der Waals surface area (Å²) in [4.78, 5) is 0. The fraction of sp³-hybridized carbons (Fsp3) is 0.214. The van der Waals surface area contributed by atoms with Gasteiger partial charge in [0.2, 0.25) is 5.90 Å². The number of ether oxygens (including phenoxy) is 1. The van der Waals surface area contributed by atoms with Crippen molar-refractivity contribution in [3.05, 3.63) is 49.2 Å². The first-order valence-corrected chi connectivity index (χ1v) is 7.04. The molecule has 3 nitrogen and oxygen atoms in total. The number of benzene rings is 1. The van der Waals surface area contributed by atoms with Gasteiger partial charge >= 0.3 is 0 Å². The van der Waals surface area contributed by atoms with Crippen molar-refractivity contribution in [1.82, 2.24) is 4.57 Å². The van der Waals surface area contributed by atoms with Crippen LogP contribution in [0, 0.1) is 5.41 Å². The summed E-state index contributed by atoms with van der Waals surface area (Å²) in [6.45, 7) is 4.18. The summed E-state index contributed by atoms with van der Waals surface area (Å²) in [6, 6.07) is 9.99. The van der Waals surface area contributed by atoms with Crippen LogP contribution in [0.1, 0.15) is 0 Å². The first-order chi connectivity index (χ1) is 9.41. The monoisotopic (exact) mass is 330 g/mol. The van der Waals surface area contributed by atoms with E-state index in [9.17, 15) is 0 Å². The fourth-order valence-corrected chi connectivity index (χ4v) is 2.01. The lowest BCUT2D eigenvalue weighted by molar-refractivity contribution is 0.209. The molecule has 0 spiro atoms. The van der Waals surface area contributed by atoms with E-state index in [1.54, 1.807) is 6.08 Å². The van der Waals surface area contributed by atoms with Crippen molar-refractivity contribution in [3.63, 3.8) is 0 Å². The van der Waals surface area contributed by atoms with Crippen LogP contribution in [0.3, 0.4) is 0 Å². The van der Waals surface area contributed by atoms with E-state index in [1.165, 1.54) is 0 Å². The Morgan fingerprint density at radius 2 is 2.05 bits per heavy atom. The molecule has 0 amide bonds. The van der Waals surface area contributed by atoms with Crippen LogP contribution in [0.25, 0.3) is 10.9 Å². The van der Waals surface area contributed by atoms with E-state index in [-0.39, 0.29) is 0 Å². The molecule has 0 saturated carbocycles. The molecule has 106 valence electrons. The van der Waals surface area contributed by atoms with Crippen LogP contribution in [0.2, 0.25) is 0 Å². The van der Waals surface area contributed by atoms with Crippen molar-refractivity contribution in [1.29, 1.82) is 5.41 Å². The van der Waals surface area contributed by atoms with E-state index in [2.05, 4.69) is 6.58 Å². The number of para-hydroxylation sites is 1.